The zero-order valence-corrected chi connectivity index (χ0v) is 42.7. The van der Waals surface area contributed by atoms with Gasteiger partial charge in [0, 0.05) is 38.9 Å². The molecule has 13 rings (SSSR count). The van der Waals surface area contributed by atoms with Crippen LogP contribution in [0, 0.1) is 0 Å². The third kappa shape index (κ3) is 10.9. The Balaban J connectivity index is 0.000000127. The zero-order valence-electron chi connectivity index (χ0n) is 42.0. The first kappa shape index (κ1) is 49.2. The summed E-state index contributed by atoms with van der Waals surface area (Å²) in [6.45, 7) is 8.20. The van der Waals surface area contributed by atoms with Gasteiger partial charge in [-0.1, -0.05) is 164 Å². The lowest BCUT2D eigenvalue weighted by molar-refractivity contribution is 0.00578. The van der Waals surface area contributed by atoms with Crippen molar-refractivity contribution in [2.24, 2.45) is 0 Å². The normalized spacial score (nSPS) is 13.4. The predicted octanol–water partition coefficient (Wildman–Crippen LogP) is 14.3. The van der Waals surface area contributed by atoms with Gasteiger partial charge in [-0.2, -0.15) is 9.97 Å². The second-order valence-electron chi connectivity index (χ2n) is 18.8. The van der Waals surface area contributed by atoms with Crippen molar-refractivity contribution in [2.75, 3.05) is 0 Å². The van der Waals surface area contributed by atoms with E-state index >= 15 is 0 Å². The van der Waals surface area contributed by atoms with Crippen LogP contribution >= 0.6 is 11.6 Å². The molecule has 1 fully saturated rings. The van der Waals surface area contributed by atoms with Crippen molar-refractivity contribution in [1.82, 2.24) is 39.9 Å². The van der Waals surface area contributed by atoms with Gasteiger partial charge in [0.05, 0.1) is 11.2 Å². The van der Waals surface area contributed by atoms with Crippen LogP contribution in [0.2, 0.25) is 5.28 Å². The third-order valence-corrected chi connectivity index (χ3v) is 13.2. The highest BCUT2D eigenvalue weighted by atomic mass is 35.5. The van der Waals surface area contributed by atoms with Crippen molar-refractivity contribution in [3.8, 4) is 79.8 Å². The van der Waals surface area contributed by atoms with Crippen LogP contribution < -0.4 is 5.46 Å². The summed E-state index contributed by atoms with van der Waals surface area (Å²) in [7, 11) is -0.392. The summed E-state index contributed by atoms with van der Waals surface area (Å²) in [4.78, 5) is 36.4. The lowest BCUT2D eigenvalue weighted by Crippen LogP contribution is -2.41. The molecule has 4 aromatic heterocycles. The molecule has 8 aromatic carbocycles. The Labute approximate surface area is 444 Å². The van der Waals surface area contributed by atoms with Gasteiger partial charge < -0.3 is 18.1 Å². The minimum absolute atomic E-state index is 0.202. The lowest BCUT2D eigenvalue weighted by atomic mass is 9.79. The average molecular weight is 1020 g/mol. The highest BCUT2D eigenvalue weighted by molar-refractivity contribution is 6.62. The number of halogens is 1. The smallest absolute Gasteiger partial charge is 0.436 e. The van der Waals surface area contributed by atoms with E-state index in [1.807, 2.05) is 218 Å². The Bertz CT molecular complexity index is 3780. The second kappa shape index (κ2) is 21.5. The van der Waals surface area contributed by atoms with Crippen molar-refractivity contribution in [3.05, 3.63) is 224 Å². The highest BCUT2D eigenvalue weighted by Crippen LogP contribution is 2.37. The molecule has 370 valence electrons. The quantitative estimate of drug-likeness (QED) is 0.133. The van der Waals surface area contributed by atoms with Gasteiger partial charge in [0.1, 0.15) is 11.0 Å². The van der Waals surface area contributed by atoms with Crippen molar-refractivity contribution >= 4 is 46.4 Å². The molecule has 5 heterocycles. The van der Waals surface area contributed by atoms with Gasteiger partial charge in [0.25, 0.3) is 0 Å². The summed E-state index contributed by atoms with van der Waals surface area (Å²) in [5.74, 6) is 4.23. The van der Waals surface area contributed by atoms with E-state index in [-0.39, 0.29) is 16.5 Å². The van der Waals surface area contributed by atoms with Gasteiger partial charge in [0.2, 0.25) is 17.1 Å². The maximum Gasteiger partial charge on any atom is 0.494 e. The molecule has 0 bridgehead atoms. The summed E-state index contributed by atoms with van der Waals surface area (Å²) >= 11 is 5.99. The Kier molecular flexibility index (Phi) is 13.9. The summed E-state index contributed by atoms with van der Waals surface area (Å²) < 4.78 is 24.0. The van der Waals surface area contributed by atoms with Crippen molar-refractivity contribution in [2.45, 2.75) is 38.9 Å². The van der Waals surface area contributed by atoms with Gasteiger partial charge in [-0.15, -0.1) is 0 Å². The summed E-state index contributed by atoms with van der Waals surface area (Å²) in [6.07, 6.45) is 0. The topological polar surface area (TPSA) is 148 Å². The van der Waals surface area contributed by atoms with Crippen LogP contribution in [0.25, 0.3) is 102 Å². The standard InChI is InChI=1S/C28H18N4O.C19H20BNO3.C15H10ClN3/c1-4-10-19(11-5-1)25-30-26(20-12-6-2-7-13-20)32-27(31-25)22-16-17-24-23(18-22)29-28(33-24)21-14-8-3-9-15-21;1-18(2)19(3,4)24-20(23-18)14-10-11-16-15(12-14)21-17(22-16)13-8-6-5-7-9-13;16-15-18-13(11-7-3-1-4-8-11)17-14(19-15)12-9-5-2-6-10-12/h1-18H;5-12H,1-4H3;1-10H. The van der Waals surface area contributed by atoms with Crippen molar-refractivity contribution in [1.29, 1.82) is 0 Å². The van der Waals surface area contributed by atoms with E-state index in [1.54, 1.807) is 0 Å². The fraction of sp³-hybridized carbons (Fsp3) is 0.0968. The molecule has 1 aliphatic heterocycles. The zero-order chi connectivity index (χ0) is 52.1. The van der Waals surface area contributed by atoms with Gasteiger partial charge in [-0.3, -0.25) is 0 Å². The van der Waals surface area contributed by atoms with Crippen LogP contribution in [-0.4, -0.2) is 58.2 Å². The van der Waals surface area contributed by atoms with E-state index in [1.165, 1.54) is 0 Å². The van der Waals surface area contributed by atoms with Crippen LogP contribution in [0.15, 0.2) is 227 Å². The van der Waals surface area contributed by atoms with Gasteiger partial charge in [-0.25, -0.2) is 29.9 Å². The molecule has 0 aliphatic carbocycles. The number of rotatable bonds is 8. The highest BCUT2D eigenvalue weighted by Gasteiger charge is 2.51. The van der Waals surface area contributed by atoms with Crippen LogP contribution in [0.4, 0.5) is 0 Å². The number of aromatic nitrogens is 8. The van der Waals surface area contributed by atoms with E-state index in [0.29, 0.717) is 40.9 Å². The lowest BCUT2D eigenvalue weighted by Gasteiger charge is -2.32. The molecular formula is C62H48BClN8O4. The van der Waals surface area contributed by atoms with E-state index in [4.69, 9.17) is 49.7 Å². The molecule has 0 saturated carbocycles. The van der Waals surface area contributed by atoms with Crippen molar-refractivity contribution < 1.29 is 18.1 Å². The summed E-state index contributed by atoms with van der Waals surface area (Å²) in [5.41, 5.74) is 9.76. The first-order valence-corrected chi connectivity index (χ1v) is 25.1. The average Bonchev–Trinajstić information content (AvgIpc) is 4.18. The molecular weight excluding hydrogens is 967 g/mol. The van der Waals surface area contributed by atoms with E-state index < -0.39 is 7.12 Å². The Morgan fingerprint density at radius 1 is 0.329 bits per heavy atom. The molecule has 14 heteroatoms. The number of hydrogen-bond donors (Lipinski definition) is 0. The molecule has 0 spiro atoms. The van der Waals surface area contributed by atoms with Crippen LogP contribution in [-0.2, 0) is 9.31 Å². The van der Waals surface area contributed by atoms with Crippen LogP contribution in [0.3, 0.4) is 0 Å². The molecule has 0 radical (unpaired) electrons. The minimum atomic E-state index is -0.392. The molecule has 1 saturated heterocycles. The van der Waals surface area contributed by atoms with E-state index in [2.05, 4.69) is 47.6 Å². The first-order chi connectivity index (χ1) is 37.0. The maximum absolute atomic E-state index is 6.11. The van der Waals surface area contributed by atoms with Gasteiger partial charge >= 0.3 is 7.12 Å². The predicted molar refractivity (Wildman–Crippen MR) is 300 cm³/mol. The molecule has 12 nitrogen and oxygen atoms in total. The van der Waals surface area contributed by atoms with Crippen LogP contribution in [0.1, 0.15) is 27.7 Å². The monoisotopic (exact) mass is 1010 g/mol. The van der Waals surface area contributed by atoms with Crippen LogP contribution in [0.5, 0.6) is 0 Å². The first-order valence-electron chi connectivity index (χ1n) is 24.7. The molecule has 12 aromatic rings. The second-order valence-corrected chi connectivity index (χ2v) is 19.1. The van der Waals surface area contributed by atoms with Gasteiger partial charge in [0.15, 0.2) is 40.3 Å². The Morgan fingerprint density at radius 3 is 1.03 bits per heavy atom. The number of fused-ring (bicyclic) bond motifs is 2. The molecule has 0 atom stereocenters. The van der Waals surface area contributed by atoms with E-state index in [9.17, 15) is 0 Å². The molecule has 1 aliphatic rings. The molecule has 0 amide bonds. The van der Waals surface area contributed by atoms with Gasteiger partial charge in [-0.05, 0) is 99.4 Å². The molecule has 0 N–H and O–H groups in total. The number of oxazole rings is 2. The summed E-state index contributed by atoms with van der Waals surface area (Å²) in [5, 5.41) is 0.202. The fourth-order valence-corrected chi connectivity index (χ4v) is 8.43. The van der Waals surface area contributed by atoms with Crippen molar-refractivity contribution in [3.63, 3.8) is 0 Å². The Morgan fingerprint density at radius 2 is 0.645 bits per heavy atom. The number of benzene rings is 8. The minimum Gasteiger partial charge on any atom is -0.436 e. The molecule has 0 unspecified atom stereocenters. The Hall–Kier alpha value is -9.01. The number of hydrogen-bond acceptors (Lipinski definition) is 12. The summed E-state index contributed by atoms with van der Waals surface area (Å²) in [6, 6.07) is 70.8. The van der Waals surface area contributed by atoms with E-state index in [0.717, 1.165) is 66.6 Å². The third-order valence-electron chi connectivity index (χ3n) is 13.0. The molecule has 76 heavy (non-hydrogen) atoms. The number of nitrogens with zero attached hydrogens (tertiary/aromatic N) is 8. The maximum atomic E-state index is 6.11. The fourth-order valence-electron chi connectivity index (χ4n) is 8.27. The SMILES string of the molecule is CC1(C)OB(c2ccc3oc(-c4ccccc4)nc3c2)OC1(C)C.Clc1nc(-c2ccccc2)nc(-c2ccccc2)n1.c1ccc(-c2nc(-c3ccccc3)nc(-c3ccc4oc(-c5ccccc5)nc4c3)n2)cc1. The largest absolute Gasteiger partial charge is 0.494 e.